The predicted molar refractivity (Wildman–Crippen MR) is 96.4 cm³/mol. The first-order valence-corrected chi connectivity index (χ1v) is 8.94. The van der Waals surface area contributed by atoms with Gasteiger partial charge in [-0.15, -0.1) is 0 Å². The molecule has 0 radical (unpaired) electrons. The monoisotopic (exact) mass is 386 g/mol. The Hall–Kier alpha value is -2.45. The fourth-order valence-electron chi connectivity index (χ4n) is 2.84. The molecule has 0 atom stereocenters. The van der Waals surface area contributed by atoms with Gasteiger partial charge in [0.15, 0.2) is 5.96 Å². The Balaban J connectivity index is 1.73. The van der Waals surface area contributed by atoms with E-state index in [0.717, 1.165) is 30.5 Å². The maximum absolute atomic E-state index is 12.5. The number of benzene rings is 1. The van der Waals surface area contributed by atoms with Gasteiger partial charge in [0.05, 0.1) is 12.2 Å². The summed E-state index contributed by atoms with van der Waals surface area (Å²) in [5.41, 5.74) is 5.98. The molecular weight excluding hydrogens is 361 g/mol. The van der Waals surface area contributed by atoms with E-state index >= 15 is 0 Å². The van der Waals surface area contributed by atoms with Gasteiger partial charge in [-0.2, -0.15) is 13.2 Å². The van der Waals surface area contributed by atoms with Gasteiger partial charge in [-0.25, -0.2) is 4.79 Å². The molecule has 6 nitrogen and oxygen atoms in total. The second-order valence-electron chi connectivity index (χ2n) is 6.32. The van der Waals surface area contributed by atoms with Crippen LogP contribution in [-0.2, 0) is 17.3 Å². The molecule has 1 heterocycles. The summed E-state index contributed by atoms with van der Waals surface area (Å²) in [6.45, 7) is 3.69. The summed E-state index contributed by atoms with van der Waals surface area (Å²) in [6.07, 6.45) is -2.63. The van der Waals surface area contributed by atoms with Gasteiger partial charge in [0, 0.05) is 25.7 Å². The summed E-state index contributed by atoms with van der Waals surface area (Å²) in [6, 6.07) is 5.17. The molecule has 1 aliphatic heterocycles. The molecular formula is C18H25F3N4O2. The lowest BCUT2D eigenvalue weighted by Crippen LogP contribution is -2.48. The normalized spacial score (nSPS) is 16.3. The van der Waals surface area contributed by atoms with Crippen LogP contribution in [0.4, 0.5) is 18.0 Å². The third-order valence-corrected chi connectivity index (χ3v) is 4.34. The summed E-state index contributed by atoms with van der Waals surface area (Å²) in [4.78, 5) is 17.5. The lowest BCUT2D eigenvalue weighted by molar-refractivity contribution is -0.137. The second kappa shape index (κ2) is 9.48. The fourth-order valence-corrected chi connectivity index (χ4v) is 2.84. The topological polar surface area (TPSA) is 80.0 Å². The van der Waals surface area contributed by atoms with Gasteiger partial charge in [-0.05, 0) is 43.9 Å². The number of ether oxygens (including phenoxy) is 1. The van der Waals surface area contributed by atoms with Gasteiger partial charge in [0.1, 0.15) is 0 Å². The summed E-state index contributed by atoms with van der Waals surface area (Å²) in [5.74, 6) is 0.302. The number of aliphatic imine (C=N–C) groups is 1. The lowest BCUT2D eigenvalue weighted by atomic mass is 10.1. The zero-order chi connectivity index (χ0) is 19.9. The zero-order valence-electron chi connectivity index (χ0n) is 15.3. The highest BCUT2D eigenvalue weighted by Gasteiger charge is 2.29. The van der Waals surface area contributed by atoms with Crippen molar-refractivity contribution in [2.24, 2.45) is 10.7 Å². The van der Waals surface area contributed by atoms with Crippen molar-refractivity contribution in [2.45, 2.75) is 38.4 Å². The number of guanidine groups is 1. The Morgan fingerprint density at radius 1 is 1.30 bits per heavy atom. The molecule has 150 valence electrons. The molecule has 0 aliphatic carbocycles. The molecule has 0 aromatic heterocycles. The molecule has 1 aromatic rings. The molecule has 2 rings (SSSR count). The van der Waals surface area contributed by atoms with Crippen molar-refractivity contribution in [3.63, 3.8) is 0 Å². The van der Waals surface area contributed by atoms with Gasteiger partial charge in [-0.3, -0.25) is 4.99 Å². The molecule has 1 fully saturated rings. The SMILES string of the molecule is CCOC(=O)N1CCC(NC(N)=NCCc2ccc(C(F)(F)F)cc2)CC1. The molecule has 1 saturated heterocycles. The number of hydrogen-bond acceptors (Lipinski definition) is 3. The van der Waals surface area contributed by atoms with Crippen LogP contribution in [0.3, 0.4) is 0 Å². The molecule has 27 heavy (non-hydrogen) atoms. The largest absolute Gasteiger partial charge is 0.450 e. The highest BCUT2D eigenvalue weighted by molar-refractivity contribution is 5.78. The van der Waals surface area contributed by atoms with Gasteiger partial charge in [0.25, 0.3) is 0 Å². The average molecular weight is 386 g/mol. The number of rotatable bonds is 5. The summed E-state index contributed by atoms with van der Waals surface area (Å²) in [5, 5.41) is 3.13. The van der Waals surface area contributed by atoms with E-state index in [-0.39, 0.29) is 12.1 Å². The molecule has 0 spiro atoms. The van der Waals surface area contributed by atoms with Gasteiger partial charge in [-0.1, -0.05) is 12.1 Å². The Bertz CT molecular complexity index is 639. The van der Waals surface area contributed by atoms with Crippen LogP contribution in [0.5, 0.6) is 0 Å². The number of halogens is 3. The van der Waals surface area contributed by atoms with Crippen molar-refractivity contribution >= 4 is 12.1 Å². The van der Waals surface area contributed by atoms with Crippen LogP contribution in [0.2, 0.25) is 0 Å². The molecule has 0 bridgehead atoms. The van der Waals surface area contributed by atoms with Crippen LogP contribution in [0.15, 0.2) is 29.3 Å². The van der Waals surface area contributed by atoms with E-state index in [0.29, 0.717) is 38.6 Å². The summed E-state index contributed by atoms with van der Waals surface area (Å²) >= 11 is 0. The molecule has 9 heteroatoms. The highest BCUT2D eigenvalue weighted by Crippen LogP contribution is 2.29. The van der Waals surface area contributed by atoms with E-state index in [2.05, 4.69) is 10.3 Å². The standard InChI is InChI=1S/C18H25F3N4O2/c1-2-27-17(26)25-11-8-15(9-12-25)24-16(22)23-10-7-13-3-5-14(6-4-13)18(19,20)21/h3-6,15H,2,7-12H2,1H3,(H3,22,23,24). The minimum atomic E-state index is -4.33. The minimum absolute atomic E-state index is 0.130. The van der Waals surface area contributed by atoms with Crippen molar-refractivity contribution < 1.29 is 22.7 Å². The Morgan fingerprint density at radius 3 is 2.48 bits per heavy atom. The number of likely N-dealkylation sites (tertiary alicyclic amines) is 1. The Labute approximate surface area is 156 Å². The summed E-state index contributed by atoms with van der Waals surface area (Å²) in [7, 11) is 0. The third kappa shape index (κ3) is 6.65. The van der Waals surface area contributed by atoms with E-state index in [1.807, 2.05) is 0 Å². The van der Waals surface area contributed by atoms with Gasteiger partial charge < -0.3 is 20.7 Å². The van der Waals surface area contributed by atoms with E-state index < -0.39 is 11.7 Å². The number of nitrogens with one attached hydrogen (secondary N) is 1. The van der Waals surface area contributed by atoms with Crippen LogP contribution in [0.25, 0.3) is 0 Å². The maximum atomic E-state index is 12.5. The second-order valence-corrected chi connectivity index (χ2v) is 6.32. The zero-order valence-corrected chi connectivity index (χ0v) is 15.3. The number of carbonyl (C=O) groups excluding carboxylic acids is 1. The third-order valence-electron chi connectivity index (χ3n) is 4.34. The number of nitrogens with zero attached hydrogens (tertiary/aromatic N) is 2. The smallest absolute Gasteiger partial charge is 0.416 e. The molecule has 1 aliphatic rings. The van der Waals surface area contributed by atoms with Crippen LogP contribution >= 0.6 is 0 Å². The van der Waals surface area contributed by atoms with Crippen LogP contribution in [0.1, 0.15) is 30.9 Å². The van der Waals surface area contributed by atoms with Crippen LogP contribution in [0, 0.1) is 0 Å². The molecule has 1 amide bonds. The molecule has 1 aromatic carbocycles. The fraction of sp³-hybridized carbons (Fsp3) is 0.556. The Kier molecular flexibility index (Phi) is 7.32. The molecule has 0 unspecified atom stereocenters. The molecule has 0 saturated carbocycles. The lowest BCUT2D eigenvalue weighted by Gasteiger charge is -2.31. The van der Waals surface area contributed by atoms with Crippen molar-refractivity contribution in [2.75, 3.05) is 26.2 Å². The first kappa shape index (κ1) is 20.9. The Morgan fingerprint density at radius 2 is 1.93 bits per heavy atom. The van der Waals surface area contributed by atoms with Gasteiger partial charge in [0.2, 0.25) is 0 Å². The van der Waals surface area contributed by atoms with Gasteiger partial charge >= 0.3 is 12.3 Å². The first-order chi connectivity index (χ1) is 12.8. The van der Waals surface area contributed by atoms with Crippen molar-refractivity contribution in [1.29, 1.82) is 0 Å². The average Bonchev–Trinajstić information content (AvgIpc) is 2.62. The summed E-state index contributed by atoms with van der Waals surface area (Å²) < 4.78 is 42.6. The number of nitrogens with two attached hydrogens (primary N) is 1. The minimum Gasteiger partial charge on any atom is -0.450 e. The quantitative estimate of drug-likeness (QED) is 0.602. The van der Waals surface area contributed by atoms with E-state index in [4.69, 9.17) is 10.5 Å². The van der Waals surface area contributed by atoms with Crippen molar-refractivity contribution in [3.05, 3.63) is 35.4 Å². The number of carbonyl (C=O) groups is 1. The first-order valence-electron chi connectivity index (χ1n) is 8.94. The van der Waals surface area contributed by atoms with Crippen LogP contribution < -0.4 is 11.1 Å². The van der Waals surface area contributed by atoms with E-state index in [1.165, 1.54) is 12.1 Å². The number of amides is 1. The highest BCUT2D eigenvalue weighted by atomic mass is 19.4. The number of alkyl halides is 3. The van der Waals surface area contributed by atoms with Crippen LogP contribution in [-0.4, -0.2) is 49.2 Å². The predicted octanol–water partition coefficient (Wildman–Crippen LogP) is 2.77. The maximum Gasteiger partial charge on any atom is 0.416 e. The van der Waals surface area contributed by atoms with Crippen molar-refractivity contribution in [1.82, 2.24) is 10.2 Å². The molecule has 3 N–H and O–H groups in total. The number of piperidine rings is 1. The van der Waals surface area contributed by atoms with Crippen molar-refractivity contribution in [3.8, 4) is 0 Å². The number of hydrogen-bond donors (Lipinski definition) is 2. The van der Waals surface area contributed by atoms with E-state index in [9.17, 15) is 18.0 Å². The van der Waals surface area contributed by atoms with E-state index in [1.54, 1.807) is 11.8 Å².